The highest BCUT2D eigenvalue weighted by molar-refractivity contribution is 6.05. The van der Waals surface area contributed by atoms with Gasteiger partial charge >= 0.3 is 6.09 Å². The standard InChI is InChI=1S/C16H16N6O2/c1-2-8-24-16(23)19-12-9-11-13(14(17)18-12)20-15(22-21-11)10-6-4-3-5-7-10/h2-7,9,21H,1,8H2,(H,20,22)(H3,17,18,19,23). The third kappa shape index (κ3) is 3.27. The van der Waals surface area contributed by atoms with Gasteiger partial charge in [-0.05, 0) is 0 Å². The number of benzene rings is 1. The summed E-state index contributed by atoms with van der Waals surface area (Å²) in [4.78, 5) is 20.2. The Morgan fingerprint density at radius 2 is 2.12 bits per heavy atom. The lowest BCUT2D eigenvalue weighted by atomic mass is 10.2. The first-order valence-electron chi connectivity index (χ1n) is 7.18. The van der Waals surface area contributed by atoms with E-state index in [1.807, 2.05) is 30.3 Å². The lowest BCUT2D eigenvalue weighted by Gasteiger charge is -2.21. The molecule has 0 unspecified atom stereocenters. The number of aromatic nitrogens is 1. The van der Waals surface area contributed by atoms with Gasteiger partial charge in [0, 0.05) is 11.6 Å². The number of anilines is 3. The molecule has 2 heterocycles. The summed E-state index contributed by atoms with van der Waals surface area (Å²) in [5, 5.41) is 2.49. The topological polar surface area (TPSA) is 114 Å². The Morgan fingerprint density at radius 3 is 2.88 bits per heavy atom. The van der Waals surface area contributed by atoms with Crippen LogP contribution in [0.5, 0.6) is 0 Å². The molecule has 0 bridgehead atoms. The highest BCUT2D eigenvalue weighted by atomic mass is 16.5. The zero-order valence-electron chi connectivity index (χ0n) is 12.7. The number of hydrogen-bond acceptors (Lipinski definition) is 7. The van der Waals surface area contributed by atoms with Crippen molar-refractivity contribution in [2.45, 2.75) is 0 Å². The minimum Gasteiger partial charge on any atom is -0.445 e. The second kappa shape index (κ2) is 6.69. The SMILES string of the molecule is C=CCOC(=O)Nc1cc2c(c(N)n1)N=C(c1ccccc1)NN2. The molecule has 3 rings (SSSR count). The van der Waals surface area contributed by atoms with Crippen molar-refractivity contribution in [1.82, 2.24) is 10.4 Å². The molecule has 0 atom stereocenters. The third-order valence-corrected chi connectivity index (χ3v) is 3.17. The molecule has 2 aromatic rings. The normalized spacial score (nSPS) is 12.1. The molecule has 5 N–H and O–H groups in total. The molecule has 1 aliphatic rings. The predicted octanol–water partition coefficient (Wildman–Crippen LogP) is 2.41. The maximum absolute atomic E-state index is 11.6. The van der Waals surface area contributed by atoms with Crippen LogP contribution >= 0.6 is 0 Å². The fraction of sp³-hybridized carbons (Fsp3) is 0.0625. The van der Waals surface area contributed by atoms with Crippen LogP contribution in [0.25, 0.3) is 0 Å². The van der Waals surface area contributed by atoms with E-state index >= 15 is 0 Å². The zero-order chi connectivity index (χ0) is 16.9. The molecule has 0 fully saturated rings. The third-order valence-electron chi connectivity index (χ3n) is 3.17. The number of ether oxygens (including phenoxy) is 1. The van der Waals surface area contributed by atoms with Crippen LogP contribution in [0.4, 0.5) is 27.8 Å². The number of nitrogens with one attached hydrogen (secondary N) is 3. The average Bonchev–Trinajstić information content (AvgIpc) is 2.60. The number of hydrazine groups is 1. The van der Waals surface area contributed by atoms with Crippen LogP contribution in [-0.2, 0) is 4.74 Å². The maximum Gasteiger partial charge on any atom is 0.413 e. The van der Waals surface area contributed by atoms with Gasteiger partial charge in [-0.15, -0.1) is 0 Å². The molecule has 0 spiro atoms. The first-order valence-corrected chi connectivity index (χ1v) is 7.18. The number of nitrogens with zero attached hydrogens (tertiary/aromatic N) is 2. The van der Waals surface area contributed by atoms with Crippen molar-refractivity contribution in [3.05, 3.63) is 54.6 Å². The molecule has 0 saturated heterocycles. The average molecular weight is 324 g/mol. The summed E-state index contributed by atoms with van der Waals surface area (Å²) in [6, 6.07) is 11.2. The van der Waals surface area contributed by atoms with E-state index in [4.69, 9.17) is 10.5 Å². The number of hydrogen-bond donors (Lipinski definition) is 4. The van der Waals surface area contributed by atoms with Crippen LogP contribution in [0.3, 0.4) is 0 Å². The molecule has 8 nitrogen and oxygen atoms in total. The van der Waals surface area contributed by atoms with Crippen molar-refractivity contribution >= 4 is 34.9 Å². The Morgan fingerprint density at radius 1 is 1.33 bits per heavy atom. The number of pyridine rings is 1. The van der Waals surface area contributed by atoms with Crippen LogP contribution in [-0.4, -0.2) is 23.5 Å². The van der Waals surface area contributed by atoms with E-state index in [1.54, 1.807) is 6.07 Å². The summed E-state index contributed by atoms with van der Waals surface area (Å²) in [7, 11) is 0. The summed E-state index contributed by atoms with van der Waals surface area (Å²) in [6.07, 6.45) is 0.832. The van der Waals surface area contributed by atoms with Gasteiger partial charge in [0.15, 0.2) is 11.7 Å². The van der Waals surface area contributed by atoms with Crippen LogP contribution in [0, 0.1) is 0 Å². The Labute approximate surface area is 138 Å². The number of amidine groups is 1. The Bertz CT molecular complexity index is 804. The van der Waals surface area contributed by atoms with Crippen molar-refractivity contribution < 1.29 is 9.53 Å². The number of nitrogen functional groups attached to an aromatic ring is 1. The minimum atomic E-state index is -0.640. The highest BCUT2D eigenvalue weighted by Gasteiger charge is 2.18. The van der Waals surface area contributed by atoms with Crippen molar-refractivity contribution in [2.24, 2.45) is 4.99 Å². The number of carbonyl (C=O) groups is 1. The van der Waals surface area contributed by atoms with E-state index < -0.39 is 6.09 Å². The van der Waals surface area contributed by atoms with Crippen molar-refractivity contribution in [1.29, 1.82) is 0 Å². The molecule has 1 amide bonds. The summed E-state index contributed by atoms with van der Waals surface area (Å²) in [6.45, 7) is 3.58. The van der Waals surface area contributed by atoms with E-state index in [-0.39, 0.29) is 18.2 Å². The van der Waals surface area contributed by atoms with Crippen LogP contribution in [0.2, 0.25) is 0 Å². The molecule has 0 aliphatic carbocycles. The van der Waals surface area contributed by atoms with E-state index in [0.29, 0.717) is 17.2 Å². The number of carbonyl (C=O) groups excluding carboxylic acids is 1. The largest absolute Gasteiger partial charge is 0.445 e. The van der Waals surface area contributed by atoms with Crippen molar-refractivity contribution in [3.63, 3.8) is 0 Å². The number of rotatable bonds is 4. The number of fused-ring (bicyclic) bond motifs is 1. The first kappa shape index (κ1) is 15.3. The molecule has 1 aliphatic heterocycles. The van der Waals surface area contributed by atoms with Gasteiger partial charge in [-0.25, -0.2) is 14.8 Å². The number of nitrogens with two attached hydrogens (primary N) is 1. The van der Waals surface area contributed by atoms with Gasteiger partial charge in [-0.2, -0.15) is 0 Å². The molecule has 122 valence electrons. The molecule has 1 aromatic carbocycles. The van der Waals surface area contributed by atoms with Gasteiger partial charge in [0.2, 0.25) is 0 Å². The molecule has 0 radical (unpaired) electrons. The fourth-order valence-electron chi connectivity index (χ4n) is 2.11. The Kier molecular flexibility index (Phi) is 4.28. The number of amides is 1. The quantitative estimate of drug-likeness (QED) is 0.642. The van der Waals surface area contributed by atoms with Crippen molar-refractivity contribution in [3.8, 4) is 0 Å². The molecule has 0 saturated carbocycles. The Hall–Kier alpha value is -3.55. The summed E-state index contributed by atoms with van der Waals surface area (Å²) < 4.78 is 4.84. The summed E-state index contributed by atoms with van der Waals surface area (Å²) in [5.41, 5.74) is 14.0. The molecule has 1 aromatic heterocycles. The maximum atomic E-state index is 11.6. The molecule has 24 heavy (non-hydrogen) atoms. The smallest absolute Gasteiger partial charge is 0.413 e. The van der Waals surface area contributed by atoms with Crippen LogP contribution in [0.15, 0.2) is 54.0 Å². The van der Waals surface area contributed by atoms with E-state index in [1.165, 1.54) is 6.08 Å². The van der Waals surface area contributed by atoms with Gasteiger partial charge in [-0.3, -0.25) is 16.2 Å². The predicted molar refractivity (Wildman–Crippen MR) is 93.2 cm³/mol. The lowest BCUT2D eigenvalue weighted by Crippen LogP contribution is -2.33. The van der Waals surface area contributed by atoms with Gasteiger partial charge in [0.1, 0.15) is 18.1 Å². The summed E-state index contributed by atoms with van der Waals surface area (Å²) >= 11 is 0. The number of aliphatic imine (C=N–C) groups is 1. The van der Waals surface area contributed by atoms with E-state index in [2.05, 4.69) is 32.7 Å². The van der Waals surface area contributed by atoms with Crippen molar-refractivity contribution in [2.75, 3.05) is 23.1 Å². The van der Waals surface area contributed by atoms with Crippen LogP contribution < -0.4 is 21.9 Å². The van der Waals surface area contributed by atoms with E-state index in [0.717, 1.165) is 5.56 Å². The Balaban J connectivity index is 1.85. The molecular formula is C16H16N6O2. The second-order valence-electron chi connectivity index (χ2n) is 4.88. The van der Waals surface area contributed by atoms with Crippen LogP contribution in [0.1, 0.15) is 5.56 Å². The summed E-state index contributed by atoms with van der Waals surface area (Å²) in [5.74, 6) is 1.07. The second-order valence-corrected chi connectivity index (χ2v) is 4.88. The minimum absolute atomic E-state index is 0.108. The van der Waals surface area contributed by atoms with Gasteiger partial charge in [0.05, 0.1) is 5.69 Å². The van der Waals surface area contributed by atoms with Gasteiger partial charge in [0.25, 0.3) is 0 Å². The van der Waals surface area contributed by atoms with E-state index in [9.17, 15) is 4.79 Å². The highest BCUT2D eigenvalue weighted by Crippen LogP contribution is 2.34. The zero-order valence-corrected chi connectivity index (χ0v) is 12.7. The fourth-order valence-corrected chi connectivity index (χ4v) is 2.11. The monoisotopic (exact) mass is 324 g/mol. The first-order chi connectivity index (χ1) is 11.7. The molecule has 8 heteroatoms. The van der Waals surface area contributed by atoms with Gasteiger partial charge in [-0.1, -0.05) is 43.0 Å². The molecular weight excluding hydrogens is 308 g/mol. The van der Waals surface area contributed by atoms with Gasteiger partial charge < -0.3 is 10.5 Å². The lowest BCUT2D eigenvalue weighted by molar-refractivity contribution is 0.174.